The van der Waals surface area contributed by atoms with Gasteiger partial charge in [-0.05, 0) is 32.6 Å². The molecular weight excluding hydrogens is 172 g/mol. The van der Waals surface area contributed by atoms with Gasteiger partial charge in [-0.2, -0.15) is 0 Å². The van der Waals surface area contributed by atoms with E-state index in [1.165, 1.54) is 38.5 Å². The largest absolute Gasteiger partial charge is 0.393 e. The molecule has 1 atom stereocenters. The van der Waals surface area contributed by atoms with Crippen molar-refractivity contribution in [3.8, 4) is 0 Å². The van der Waals surface area contributed by atoms with Gasteiger partial charge in [-0.15, -0.1) is 0 Å². The molecule has 0 aliphatic rings. The number of hydrogen-bond donors (Lipinski definition) is 1. The standard InChI is InChI=1S/C13H26O/c1-3-4-5-6-7-8-9-10-11-12-13(2)14/h4-5,13-14H,3,6-12H2,1-2H3/b5-4+/t13-/m1/s1. The molecule has 0 amide bonds. The van der Waals surface area contributed by atoms with Crippen molar-refractivity contribution in [2.24, 2.45) is 0 Å². The third-order valence-corrected chi connectivity index (χ3v) is 2.40. The molecule has 0 saturated carbocycles. The maximum absolute atomic E-state index is 9.04. The first-order valence-corrected chi connectivity index (χ1v) is 6.10. The fourth-order valence-electron chi connectivity index (χ4n) is 1.52. The van der Waals surface area contributed by atoms with E-state index >= 15 is 0 Å². The summed E-state index contributed by atoms with van der Waals surface area (Å²) in [4.78, 5) is 0. The number of aliphatic hydroxyl groups is 1. The van der Waals surface area contributed by atoms with Gasteiger partial charge < -0.3 is 5.11 Å². The van der Waals surface area contributed by atoms with Crippen molar-refractivity contribution in [3.05, 3.63) is 12.2 Å². The molecule has 84 valence electrons. The minimum absolute atomic E-state index is 0.109. The molecule has 0 aliphatic heterocycles. The predicted octanol–water partition coefficient (Wildman–Crippen LogP) is 4.06. The molecular formula is C13H26O. The number of hydrogen-bond acceptors (Lipinski definition) is 1. The Morgan fingerprint density at radius 3 is 2.29 bits per heavy atom. The van der Waals surface area contributed by atoms with E-state index in [2.05, 4.69) is 19.1 Å². The van der Waals surface area contributed by atoms with Gasteiger partial charge in [0.2, 0.25) is 0 Å². The van der Waals surface area contributed by atoms with Crippen molar-refractivity contribution in [2.75, 3.05) is 0 Å². The summed E-state index contributed by atoms with van der Waals surface area (Å²) < 4.78 is 0. The Hall–Kier alpha value is -0.300. The quantitative estimate of drug-likeness (QED) is 0.437. The summed E-state index contributed by atoms with van der Waals surface area (Å²) in [6, 6.07) is 0. The highest BCUT2D eigenvalue weighted by Crippen LogP contribution is 2.08. The van der Waals surface area contributed by atoms with Crippen LogP contribution in [0.4, 0.5) is 0 Å². The van der Waals surface area contributed by atoms with Crippen LogP contribution in [-0.4, -0.2) is 11.2 Å². The van der Waals surface area contributed by atoms with E-state index in [9.17, 15) is 0 Å². The van der Waals surface area contributed by atoms with Crippen LogP contribution in [-0.2, 0) is 0 Å². The molecule has 14 heavy (non-hydrogen) atoms. The molecule has 0 aromatic rings. The highest BCUT2D eigenvalue weighted by Gasteiger charge is 1.94. The maximum Gasteiger partial charge on any atom is 0.0512 e. The number of allylic oxidation sites excluding steroid dienone is 2. The highest BCUT2D eigenvalue weighted by atomic mass is 16.3. The normalized spacial score (nSPS) is 13.6. The molecule has 0 radical (unpaired) electrons. The highest BCUT2D eigenvalue weighted by molar-refractivity contribution is 4.79. The Morgan fingerprint density at radius 2 is 1.64 bits per heavy atom. The topological polar surface area (TPSA) is 20.2 Å². The molecule has 1 heteroatoms. The van der Waals surface area contributed by atoms with E-state index in [4.69, 9.17) is 5.11 Å². The lowest BCUT2D eigenvalue weighted by atomic mass is 10.1. The zero-order valence-corrected chi connectivity index (χ0v) is 9.84. The van der Waals surface area contributed by atoms with Gasteiger partial charge in [0.25, 0.3) is 0 Å². The third kappa shape index (κ3) is 11.7. The van der Waals surface area contributed by atoms with Crippen LogP contribution in [0.5, 0.6) is 0 Å². The zero-order chi connectivity index (χ0) is 10.6. The SMILES string of the molecule is CC/C=C/CCCCCCC[C@@H](C)O. The Morgan fingerprint density at radius 1 is 1.00 bits per heavy atom. The molecule has 0 saturated heterocycles. The summed E-state index contributed by atoms with van der Waals surface area (Å²) >= 11 is 0. The van der Waals surface area contributed by atoms with Crippen LogP contribution in [0.3, 0.4) is 0 Å². The van der Waals surface area contributed by atoms with E-state index in [0.717, 1.165) is 12.8 Å². The minimum Gasteiger partial charge on any atom is -0.393 e. The van der Waals surface area contributed by atoms with Crippen LogP contribution in [0.25, 0.3) is 0 Å². The fraction of sp³-hybridized carbons (Fsp3) is 0.846. The van der Waals surface area contributed by atoms with E-state index in [0.29, 0.717) is 0 Å². The van der Waals surface area contributed by atoms with E-state index in [1.54, 1.807) is 0 Å². The summed E-state index contributed by atoms with van der Waals surface area (Å²) in [5.74, 6) is 0. The lowest BCUT2D eigenvalue weighted by Crippen LogP contribution is -1.98. The lowest BCUT2D eigenvalue weighted by Gasteiger charge is -2.02. The second kappa shape index (κ2) is 10.8. The molecule has 0 aromatic carbocycles. The van der Waals surface area contributed by atoms with Crippen molar-refractivity contribution >= 4 is 0 Å². The van der Waals surface area contributed by atoms with Gasteiger partial charge in [0.1, 0.15) is 0 Å². The molecule has 0 spiro atoms. The number of aliphatic hydroxyl groups excluding tert-OH is 1. The molecule has 1 nitrogen and oxygen atoms in total. The van der Waals surface area contributed by atoms with Gasteiger partial charge in [-0.25, -0.2) is 0 Å². The fourth-order valence-corrected chi connectivity index (χ4v) is 1.52. The third-order valence-electron chi connectivity index (χ3n) is 2.40. The van der Waals surface area contributed by atoms with Crippen LogP contribution in [0, 0.1) is 0 Å². The van der Waals surface area contributed by atoms with Crippen molar-refractivity contribution < 1.29 is 5.11 Å². The molecule has 0 unspecified atom stereocenters. The van der Waals surface area contributed by atoms with Crippen LogP contribution < -0.4 is 0 Å². The summed E-state index contributed by atoms with van der Waals surface area (Å²) in [6.07, 6.45) is 14.2. The Bertz CT molecular complexity index is 127. The summed E-state index contributed by atoms with van der Waals surface area (Å²) in [5.41, 5.74) is 0. The average Bonchev–Trinajstić information content (AvgIpc) is 2.15. The molecule has 0 rings (SSSR count). The summed E-state index contributed by atoms with van der Waals surface area (Å²) in [7, 11) is 0. The first-order chi connectivity index (χ1) is 6.77. The van der Waals surface area contributed by atoms with Gasteiger partial charge in [-0.1, -0.05) is 44.8 Å². The second-order valence-corrected chi connectivity index (χ2v) is 4.07. The molecule has 0 bridgehead atoms. The van der Waals surface area contributed by atoms with Crippen LogP contribution in [0.15, 0.2) is 12.2 Å². The smallest absolute Gasteiger partial charge is 0.0512 e. The van der Waals surface area contributed by atoms with Crippen molar-refractivity contribution in [1.29, 1.82) is 0 Å². The average molecular weight is 198 g/mol. The number of rotatable bonds is 9. The Balaban J connectivity index is 2.95. The van der Waals surface area contributed by atoms with Gasteiger partial charge in [0, 0.05) is 0 Å². The molecule has 0 heterocycles. The summed E-state index contributed by atoms with van der Waals surface area (Å²) in [6.45, 7) is 4.04. The Labute approximate surface area is 89.2 Å². The monoisotopic (exact) mass is 198 g/mol. The first-order valence-electron chi connectivity index (χ1n) is 6.10. The van der Waals surface area contributed by atoms with Crippen LogP contribution in [0.1, 0.15) is 65.2 Å². The van der Waals surface area contributed by atoms with E-state index in [-0.39, 0.29) is 6.10 Å². The summed E-state index contributed by atoms with van der Waals surface area (Å²) in [5, 5.41) is 9.04. The van der Waals surface area contributed by atoms with Crippen molar-refractivity contribution in [3.63, 3.8) is 0 Å². The van der Waals surface area contributed by atoms with Gasteiger partial charge in [-0.3, -0.25) is 0 Å². The minimum atomic E-state index is -0.109. The molecule has 0 aliphatic carbocycles. The molecule has 1 N–H and O–H groups in total. The predicted molar refractivity (Wildman–Crippen MR) is 63.4 cm³/mol. The van der Waals surface area contributed by atoms with Crippen molar-refractivity contribution in [1.82, 2.24) is 0 Å². The first kappa shape index (κ1) is 13.7. The lowest BCUT2D eigenvalue weighted by molar-refractivity contribution is 0.180. The molecule has 0 fully saturated rings. The van der Waals surface area contributed by atoms with Crippen LogP contribution in [0.2, 0.25) is 0 Å². The van der Waals surface area contributed by atoms with E-state index < -0.39 is 0 Å². The van der Waals surface area contributed by atoms with Gasteiger partial charge in [0.15, 0.2) is 0 Å². The maximum atomic E-state index is 9.04. The van der Waals surface area contributed by atoms with Gasteiger partial charge in [0.05, 0.1) is 6.10 Å². The molecule has 0 aromatic heterocycles. The van der Waals surface area contributed by atoms with Crippen molar-refractivity contribution in [2.45, 2.75) is 71.3 Å². The van der Waals surface area contributed by atoms with E-state index in [1.807, 2.05) is 6.92 Å². The van der Waals surface area contributed by atoms with Gasteiger partial charge >= 0.3 is 0 Å². The second-order valence-electron chi connectivity index (χ2n) is 4.07. The number of unbranched alkanes of at least 4 members (excludes halogenated alkanes) is 5. The zero-order valence-electron chi connectivity index (χ0n) is 9.84. The van der Waals surface area contributed by atoms with Crippen LogP contribution >= 0.6 is 0 Å². The Kier molecular flexibility index (Phi) is 10.5.